The number of hydrogen-bond donors (Lipinski definition) is 1. The third-order valence-electron chi connectivity index (χ3n) is 4.83. The molecule has 1 aromatic carbocycles. The fourth-order valence-corrected chi connectivity index (χ4v) is 3.33. The highest BCUT2D eigenvalue weighted by atomic mass is 16.2. The van der Waals surface area contributed by atoms with Crippen molar-refractivity contribution >= 4 is 23.3 Å². The van der Waals surface area contributed by atoms with Gasteiger partial charge in [0.1, 0.15) is 11.4 Å². The van der Waals surface area contributed by atoms with Gasteiger partial charge in [-0.15, -0.1) is 0 Å². The van der Waals surface area contributed by atoms with E-state index in [1.165, 1.54) is 0 Å². The zero-order chi connectivity index (χ0) is 18.0. The summed E-state index contributed by atoms with van der Waals surface area (Å²) in [6.07, 6.45) is 8.93. The number of allylic oxidation sites excluding steroid dienone is 2. The van der Waals surface area contributed by atoms with E-state index in [0.29, 0.717) is 5.84 Å². The molecule has 0 radical (unpaired) electrons. The number of benzene rings is 1. The number of rotatable bonds is 4. The van der Waals surface area contributed by atoms with Crippen LogP contribution in [-0.4, -0.2) is 28.1 Å². The molecular formula is C20H23N3O2. The van der Waals surface area contributed by atoms with E-state index in [9.17, 15) is 9.59 Å². The normalized spacial score (nSPS) is 21.8. The number of fused-ring (bicyclic) bond motifs is 1. The van der Waals surface area contributed by atoms with Crippen LogP contribution < -0.4 is 5.32 Å². The monoisotopic (exact) mass is 337 g/mol. The predicted molar refractivity (Wildman–Crippen MR) is 99.4 cm³/mol. The van der Waals surface area contributed by atoms with Gasteiger partial charge in [0.05, 0.1) is 6.42 Å². The van der Waals surface area contributed by atoms with E-state index in [-0.39, 0.29) is 18.2 Å². The van der Waals surface area contributed by atoms with Gasteiger partial charge in [0.25, 0.3) is 11.8 Å². The summed E-state index contributed by atoms with van der Waals surface area (Å²) in [5.41, 5.74) is 2.07. The fourth-order valence-electron chi connectivity index (χ4n) is 3.33. The van der Waals surface area contributed by atoms with Crippen molar-refractivity contribution in [3.8, 4) is 0 Å². The van der Waals surface area contributed by atoms with Gasteiger partial charge in [0.15, 0.2) is 0 Å². The lowest BCUT2D eigenvalue weighted by Gasteiger charge is -2.41. The molecule has 0 saturated carbocycles. The second-order valence-corrected chi connectivity index (χ2v) is 6.50. The maximum absolute atomic E-state index is 13.2. The number of amidine groups is 1. The number of aliphatic imine (C=N–C) groups is 1. The van der Waals surface area contributed by atoms with E-state index in [1.807, 2.05) is 30.4 Å². The van der Waals surface area contributed by atoms with Crippen molar-refractivity contribution < 1.29 is 9.59 Å². The molecule has 0 bridgehead atoms. The fraction of sp³-hybridized carbons (Fsp3) is 0.350. The molecule has 2 aliphatic rings. The van der Waals surface area contributed by atoms with E-state index < -0.39 is 5.54 Å². The number of amides is 2. The first-order valence-corrected chi connectivity index (χ1v) is 8.67. The van der Waals surface area contributed by atoms with Crippen LogP contribution >= 0.6 is 0 Å². The van der Waals surface area contributed by atoms with Crippen LogP contribution in [0.1, 0.15) is 38.3 Å². The SMILES string of the molecule is CCc1cccc(CC)c1NC(=O)C1(C)CC(=O)N=C2C=CC=CN21. The molecule has 0 aliphatic carbocycles. The number of para-hydroxylation sites is 1. The Hall–Kier alpha value is -2.69. The van der Waals surface area contributed by atoms with Crippen LogP contribution in [0.4, 0.5) is 5.69 Å². The van der Waals surface area contributed by atoms with Gasteiger partial charge < -0.3 is 10.2 Å². The maximum Gasteiger partial charge on any atom is 0.250 e. The number of hydrogen-bond acceptors (Lipinski definition) is 3. The van der Waals surface area contributed by atoms with Crippen molar-refractivity contribution in [1.29, 1.82) is 0 Å². The summed E-state index contributed by atoms with van der Waals surface area (Å²) in [5, 5.41) is 3.10. The number of anilines is 1. The van der Waals surface area contributed by atoms with Gasteiger partial charge in [-0.1, -0.05) is 38.1 Å². The van der Waals surface area contributed by atoms with Gasteiger partial charge in [-0.25, -0.2) is 0 Å². The summed E-state index contributed by atoms with van der Waals surface area (Å²) >= 11 is 0. The zero-order valence-corrected chi connectivity index (χ0v) is 14.9. The van der Waals surface area contributed by atoms with Crippen molar-refractivity contribution in [2.45, 2.75) is 45.6 Å². The van der Waals surface area contributed by atoms with Gasteiger partial charge in [-0.3, -0.25) is 9.59 Å². The summed E-state index contributed by atoms with van der Waals surface area (Å²) in [5.74, 6) is 0.0445. The van der Waals surface area contributed by atoms with Crippen LogP contribution in [0.3, 0.4) is 0 Å². The average molecular weight is 337 g/mol. The van der Waals surface area contributed by atoms with Crippen molar-refractivity contribution in [3.63, 3.8) is 0 Å². The van der Waals surface area contributed by atoms with Crippen molar-refractivity contribution in [2.24, 2.45) is 4.99 Å². The summed E-state index contributed by atoms with van der Waals surface area (Å²) in [6.45, 7) is 5.93. The molecule has 5 nitrogen and oxygen atoms in total. The Morgan fingerprint density at radius 2 is 1.92 bits per heavy atom. The highest BCUT2D eigenvalue weighted by Gasteiger charge is 2.45. The first-order chi connectivity index (χ1) is 12.0. The third-order valence-corrected chi connectivity index (χ3v) is 4.83. The minimum atomic E-state index is -0.999. The predicted octanol–water partition coefficient (Wildman–Crippen LogP) is 3.22. The molecule has 0 fully saturated rings. The number of aryl methyl sites for hydroxylation is 2. The van der Waals surface area contributed by atoms with Gasteiger partial charge in [-0.05, 0) is 43.0 Å². The summed E-state index contributed by atoms with van der Waals surface area (Å²) in [6, 6.07) is 6.07. The molecule has 2 amide bonds. The van der Waals surface area contributed by atoms with E-state index in [2.05, 4.69) is 24.2 Å². The summed E-state index contributed by atoms with van der Waals surface area (Å²) < 4.78 is 0. The smallest absolute Gasteiger partial charge is 0.250 e. The van der Waals surface area contributed by atoms with Crippen LogP contribution in [0.5, 0.6) is 0 Å². The molecule has 0 spiro atoms. The largest absolute Gasteiger partial charge is 0.324 e. The highest BCUT2D eigenvalue weighted by Crippen LogP contribution is 2.31. The van der Waals surface area contributed by atoms with E-state index in [0.717, 1.165) is 29.7 Å². The topological polar surface area (TPSA) is 61.8 Å². The second-order valence-electron chi connectivity index (χ2n) is 6.50. The van der Waals surface area contributed by atoms with E-state index in [1.54, 1.807) is 24.1 Å². The van der Waals surface area contributed by atoms with Crippen LogP contribution in [0.2, 0.25) is 0 Å². The second kappa shape index (κ2) is 6.67. The highest BCUT2D eigenvalue weighted by molar-refractivity contribution is 6.12. The van der Waals surface area contributed by atoms with Crippen molar-refractivity contribution in [1.82, 2.24) is 4.90 Å². The lowest BCUT2D eigenvalue weighted by molar-refractivity contribution is -0.130. The minimum absolute atomic E-state index is 0.0518. The molecule has 2 aliphatic heterocycles. The molecule has 1 N–H and O–H groups in total. The molecule has 0 aromatic heterocycles. The number of carbonyl (C=O) groups excluding carboxylic acids is 2. The molecule has 2 heterocycles. The van der Waals surface area contributed by atoms with Crippen LogP contribution in [-0.2, 0) is 22.4 Å². The molecule has 130 valence electrons. The molecule has 1 aromatic rings. The first-order valence-electron chi connectivity index (χ1n) is 8.67. The van der Waals surface area contributed by atoms with Crippen molar-refractivity contribution in [3.05, 3.63) is 53.8 Å². The van der Waals surface area contributed by atoms with E-state index >= 15 is 0 Å². The van der Waals surface area contributed by atoms with Gasteiger partial charge in [0, 0.05) is 11.9 Å². The molecule has 1 unspecified atom stereocenters. The minimum Gasteiger partial charge on any atom is -0.324 e. The Morgan fingerprint density at radius 1 is 1.24 bits per heavy atom. The van der Waals surface area contributed by atoms with Crippen LogP contribution in [0.15, 0.2) is 47.6 Å². The molecule has 3 rings (SSSR count). The quantitative estimate of drug-likeness (QED) is 0.917. The Balaban J connectivity index is 1.96. The maximum atomic E-state index is 13.2. The summed E-state index contributed by atoms with van der Waals surface area (Å²) in [4.78, 5) is 31.1. The molecule has 5 heteroatoms. The van der Waals surface area contributed by atoms with Crippen LogP contribution in [0, 0.1) is 0 Å². The van der Waals surface area contributed by atoms with Crippen molar-refractivity contribution in [2.75, 3.05) is 5.32 Å². The zero-order valence-electron chi connectivity index (χ0n) is 14.9. The standard InChI is InChI=1S/C20H23N3O2/c1-4-14-9-8-10-15(5-2)18(14)22-19(25)20(3)13-17(24)21-16-11-6-7-12-23(16)20/h6-12H,4-5,13H2,1-3H3,(H,22,25). The molecule has 0 saturated heterocycles. The van der Waals surface area contributed by atoms with E-state index in [4.69, 9.17) is 0 Å². The summed E-state index contributed by atoms with van der Waals surface area (Å²) in [7, 11) is 0. The van der Waals surface area contributed by atoms with Gasteiger partial charge in [-0.2, -0.15) is 4.99 Å². The Bertz CT molecular complexity index is 785. The molecule has 1 atom stereocenters. The van der Waals surface area contributed by atoms with Gasteiger partial charge in [0.2, 0.25) is 0 Å². The Labute approximate surface area is 148 Å². The lowest BCUT2D eigenvalue weighted by Crippen LogP contribution is -2.58. The Morgan fingerprint density at radius 3 is 2.56 bits per heavy atom. The first kappa shape index (κ1) is 17.1. The van der Waals surface area contributed by atoms with Crippen LogP contribution in [0.25, 0.3) is 0 Å². The lowest BCUT2D eigenvalue weighted by atomic mass is 9.90. The third kappa shape index (κ3) is 3.02. The van der Waals surface area contributed by atoms with Gasteiger partial charge >= 0.3 is 0 Å². The molecule has 25 heavy (non-hydrogen) atoms. The Kier molecular flexibility index (Phi) is 4.57. The average Bonchev–Trinajstić information content (AvgIpc) is 2.61. The molecular weight excluding hydrogens is 314 g/mol. The number of nitrogens with one attached hydrogen (secondary N) is 1. The number of carbonyl (C=O) groups is 2. The number of nitrogens with zero attached hydrogens (tertiary/aromatic N) is 2.